The van der Waals surface area contributed by atoms with E-state index in [9.17, 15) is 4.79 Å². The molecule has 0 spiro atoms. The third-order valence-corrected chi connectivity index (χ3v) is 3.35. The number of cyclic esters (lactones) is 1. The van der Waals surface area contributed by atoms with Gasteiger partial charge in [-0.05, 0) is 33.3 Å². The molecule has 1 aromatic heterocycles. The fourth-order valence-electron chi connectivity index (χ4n) is 2.51. The van der Waals surface area contributed by atoms with Gasteiger partial charge in [-0.25, -0.2) is 9.78 Å². The molecule has 4 nitrogen and oxygen atoms in total. The number of imidazole rings is 1. The predicted molar refractivity (Wildman–Crippen MR) is 78.2 cm³/mol. The van der Waals surface area contributed by atoms with E-state index in [1.807, 2.05) is 56.6 Å². The molecule has 20 heavy (non-hydrogen) atoms. The van der Waals surface area contributed by atoms with E-state index in [0.29, 0.717) is 0 Å². The van der Waals surface area contributed by atoms with E-state index in [1.54, 1.807) is 18.6 Å². The molecule has 0 saturated carbocycles. The van der Waals surface area contributed by atoms with Gasteiger partial charge in [-0.15, -0.1) is 0 Å². The molecule has 1 atom stereocenters. The molecule has 0 bridgehead atoms. The zero-order chi connectivity index (χ0) is 14.8. The zero-order valence-electron chi connectivity index (χ0n) is 12.3. The van der Waals surface area contributed by atoms with Crippen LogP contribution >= 0.6 is 0 Å². The number of hydrogen-bond acceptors (Lipinski definition) is 3. The van der Waals surface area contributed by atoms with Crippen molar-refractivity contribution in [3.8, 4) is 0 Å². The van der Waals surface area contributed by atoms with Crippen molar-refractivity contribution < 1.29 is 9.53 Å². The number of esters is 1. The summed E-state index contributed by atoms with van der Waals surface area (Å²) >= 11 is 0. The Bertz CT molecular complexity index is 591. The first-order valence-corrected chi connectivity index (χ1v) is 6.68. The van der Waals surface area contributed by atoms with Crippen LogP contribution in [0.4, 0.5) is 0 Å². The molecule has 0 aliphatic carbocycles. The second-order valence-corrected chi connectivity index (χ2v) is 5.40. The Morgan fingerprint density at radius 2 is 2.15 bits per heavy atom. The van der Waals surface area contributed by atoms with E-state index in [2.05, 4.69) is 4.98 Å². The lowest BCUT2D eigenvalue weighted by Crippen LogP contribution is -2.42. The highest BCUT2D eigenvalue weighted by Gasteiger charge is 2.40. The van der Waals surface area contributed by atoms with Crippen molar-refractivity contribution in [3.63, 3.8) is 0 Å². The number of ether oxygens (including phenoxy) is 1. The standard InChI is InChI=1S/C16H20N2O2/c1-5-6-7-8-13-9-14(19)20-16(3,4)15(13)18-11-17-10-12(18)2/h5-11,15H,1-4H3/b6-5-,8-7-. The summed E-state index contributed by atoms with van der Waals surface area (Å²) in [6.07, 6.45) is 12.9. The highest BCUT2D eigenvalue weighted by atomic mass is 16.6. The normalized spacial score (nSPS) is 22.3. The lowest BCUT2D eigenvalue weighted by molar-refractivity contribution is -0.155. The van der Waals surface area contributed by atoms with Crippen LogP contribution in [0.5, 0.6) is 0 Å². The average Bonchev–Trinajstić information content (AvgIpc) is 2.74. The lowest BCUT2D eigenvalue weighted by atomic mass is 9.88. The summed E-state index contributed by atoms with van der Waals surface area (Å²) < 4.78 is 7.53. The number of carbonyl (C=O) groups is 1. The molecule has 4 heteroatoms. The van der Waals surface area contributed by atoms with E-state index < -0.39 is 5.60 Å². The van der Waals surface area contributed by atoms with Crippen LogP contribution in [-0.4, -0.2) is 21.1 Å². The average molecular weight is 272 g/mol. The molecule has 0 aromatic carbocycles. The molecule has 2 heterocycles. The summed E-state index contributed by atoms with van der Waals surface area (Å²) in [5.74, 6) is -0.302. The third-order valence-electron chi connectivity index (χ3n) is 3.35. The number of hydrogen-bond donors (Lipinski definition) is 0. The minimum Gasteiger partial charge on any atom is -0.454 e. The third kappa shape index (κ3) is 2.74. The Morgan fingerprint density at radius 1 is 1.40 bits per heavy atom. The first-order valence-electron chi connectivity index (χ1n) is 6.68. The molecule has 106 valence electrons. The van der Waals surface area contributed by atoms with Gasteiger partial charge in [0, 0.05) is 18.0 Å². The quantitative estimate of drug-likeness (QED) is 0.627. The zero-order valence-corrected chi connectivity index (χ0v) is 12.3. The second-order valence-electron chi connectivity index (χ2n) is 5.40. The fraction of sp³-hybridized carbons (Fsp3) is 0.375. The Morgan fingerprint density at radius 3 is 2.75 bits per heavy atom. The first-order chi connectivity index (χ1) is 9.45. The summed E-state index contributed by atoms with van der Waals surface area (Å²) in [5.41, 5.74) is 1.34. The van der Waals surface area contributed by atoms with Gasteiger partial charge < -0.3 is 9.30 Å². The number of aromatic nitrogens is 2. The van der Waals surface area contributed by atoms with Crippen LogP contribution < -0.4 is 0 Å². The minimum atomic E-state index is -0.618. The van der Waals surface area contributed by atoms with Gasteiger partial charge in [-0.2, -0.15) is 0 Å². The van der Waals surface area contributed by atoms with Crippen LogP contribution in [-0.2, 0) is 9.53 Å². The van der Waals surface area contributed by atoms with E-state index in [0.717, 1.165) is 11.3 Å². The van der Waals surface area contributed by atoms with Crippen LogP contribution in [0.25, 0.3) is 0 Å². The van der Waals surface area contributed by atoms with Crippen molar-refractivity contribution in [2.75, 3.05) is 0 Å². The Labute approximate surface area is 119 Å². The van der Waals surface area contributed by atoms with Crippen molar-refractivity contribution in [1.82, 2.24) is 9.55 Å². The molecule has 1 aromatic rings. The van der Waals surface area contributed by atoms with Crippen molar-refractivity contribution >= 4 is 5.97 Å². The van der Waals surface area contributed by atoms with Crippen LogP contribution in [0.2, 0.25) is 0 Å². The van der Waals surface area contributed by atoms with E-state index in [-0.39, 0.29) is 12.0 Å². The smallest absolute Gasteiger partial charge is 0.331 e. The van der Waals surface area contributed by atoms with Gasteiger partial charge in [-0.3, -0.25) is 0 Å². The van der Waals surface area contributed by atoms with Crippen molar-refractivity contribution in [2.24, 2.45) is 0 Å². The van der Waals surface area contributed by atoms with Gasteiger partial charge in [0.1, 0.15) is 5.60 Å². The number of allylic oxidation sites excluding steroid dienone is 4. The maximum atomic E-state index is 11.7. The summed E-state index contributed by atoms with van der Waals surface area (Å²) in [5, 5.41) is 0. The molecule has 1 aliphatic heterocycles. The molecule has 0 N–H and O–H groups in total. The van der Waals surface area contributed by atoms with Crippen LogP contribution in [0.3, 0.4) is 0 Å². The Balaban J connectivity index is 2.49. The highest BCUT2D eigenvalue weighted by Crippen LogP contribution is 2.37. The van der Waals surface area contributed by atoms with Crippen molar-refractivity contribution in [1.29, 1.82) is 0 Å². The summed E-state index contributed by atoms with van der Waals surface area (Å²) in [4.78, 5) is 15.9. The maximum absolute atomic E-state index is 11.7. The van der Waals surface area contributed by atoms with Crippen LogP contribution in [0.15, 0.2) is 48.5 Å². The van der Waals surface area contributed by atoms with Crippen molar-refractivity contribution in [3.05, 3.63) is 54.2 Å². The number of rotatable bonds is 3. The summed E-state index contributed by atoms with van der Waals surface area (Å²) in [6, 6.07) is -0.0794. The van der Waals surface area contributed by atoms with E-state index in [4.69, 9.17) is 4.74 Å². The molecular formula is C16H20N2O2. The number of nitrogens with zero attached hydrogens (tertiary/aromatic N) is 2. The first kappa shape index (κ1) is 14.3. The molecular weight excluding hydrogens is 252 g/mol. The maximum Gasteiger partial charge on any atom is 0.331 e. The van der Waals surface area contributed by atoms with Gasteiger partial charge in [0.2, 0.25) is 0 Å². The van der Waals surface area contributed by atoms with Gasteiger partial charge in [0.15, 0.2) is 0 Å². The molecule has 0 saturated heterocycles. The van der Waals surface area contributed by atoms with Gasteiger partial charge >= 0.3 is 5.97 Å². The molecule has 0 amide bonds. The van der Waals surface area contributed by atoms with Gasteiger partial charge in [-0.1, -0.05) is 24.3 Å². The SMILES string of the molecule is C/C=C\C=C/C1=CC(=O)OC(C)(C)C1n1cncc1C. The Hall–Kier alpha value is -2.10. The van der Waals surface area contributed by atoms with E-state index >= 15 is 0 Å². The fourth-order valence-corrected chi connectivity index (χ4v) is 2.51. The number of aryl methyl sites for hydroxylation is 1. The van der Waals surface area contributed by atoms with Gasteiger partial charge in [0.25, 0.3) is 0 Å². The molecule has 2 rings (SSSR count). The second kappa shape index (κ2) is 5.49. The van der Waals surface area contributed by atoms with Crippen LogP contribution in [0.1, 0.15) is 32.5 Å². The number of carbonyl (C=O) groups excluding carboxylic acids is 1. The van der Waals surface area contributed by atoms with Crippen molar-refractivity contribution in [2.45, 2.75) is 39.3 Å². The van der Waals surface area contributed by atoms with Gasteiger partial charge in [0.05, 0.1) is 12.4 Å². The van der Waals surface area contributed by atoms with E-state index in [1.165, 1.54) is 0 Å². The largest absolute Gasteiger partial charge is 0.454 e. The minimum absolute atomic E-state index is 0.0794. The monoisotopic (exact) mass is 272 g/mol. The molecule has 1 aliphatic rings. The van der Waals surface area contributed by atoms with Crippen LogP contribution in [0, 0.1) is 6.92 Å². The molecule has 0 radical (unpaired) electrons. The summed E-state index contributed by atoms with van der Waals surface area (Å²) in [7, 11) is 0. The Kier molecular flexibility index (Phi) is 3.93. The molecule has 1 unspecified atom stereocenters. The lowest BCUT2D eigenvalue weighted by Gasteiger charge is -2.38. The molecule has 0 fully saturated rings. The summed E-state index contributed by atoms with van der Waals surface area (Å²) in [6.45, 7) is 7.79. The topological polar surface area (TPSA) is 44.1 Å². The predicted octanol–water partition coefficient (Wildman–Crippen LogP) is 3.13. The highest BCUT2D eigenvalue weighted by molar-refractivity contribution is 5.85.